The minimum absolute atomic E-state index is 0.0730. The van der Waals surface area contributed by atoms with Crippen molar-refractivity contribution in [2.24, 2.45) is 5.92 Å². The van der Waals surface area contributed by atoms with E-state index in [1.54, 1.807) is 0 Å². The maximum Gasteiger partial charge on any atom is 0.251 e. The summed E-state index contributed by atoms with van der Waals surface area (Å²) in [4.78, 5) is 25.6. The Morgan fingerprint density at radius 1 is 0.806 bits per heavy atom. The van der Waals surface area contributed by atoms with Gasteiger partial charge in [-0.1, -0.05) is 66.7 Å². The van der Waals surface area contributed by atoms with Crippen LogP contribution in [0.4, 0.5) is 0 Å². The molecule has 1 saturated carbocycles. The standard InChI is InChI=1S/C27H28N2O2/c1-27(29-26(31)22-15-9-4-10-16-22)18-23(20-11-5-2-6-12-20)17-24(27)19-28-25(30)21-13-7-3-8-14-21/h2-16,23-24H,17-19H2,1H3,(H,28,30)(H,29,31)/t23-,24-,27-/m1/s1. The second-order valence-electron chi connectivity index (χ2n) is 8.56. The maximum absolute atomic E-state index is 13.0. The smallest absolute Gasteiger partial charge is 0.251 e. The lowest BCUT2D eigenvalue weighted by Gasteiger charge is -2.33. The van der Waals surface area contributed by atoms with E-state index in [0.717, 1.165) is 12.8 Å². The second-order valence-corrected chi connectivity index (χ2v) is 8.56. The van der Waals surface area contributed by atoms with Crippen LogP contribution in [0.15, 0.2) is 91.0 Å². The number of nitrogens with one attached hydrogen (secondary N) is 2. The van der Waals surface area contributed by atoms with Crippen molar-refractivity contribution in [3.63, 3.8) is 0 Å². The van der Waals surface area contributed by atoms with Crippen LogP contribution in [-0.4, -0.2) is 23.9 Å². The summed E-state index contributed by atoms with van der Waals surface area (Å²) >= 11 is 0. The number of hydrogen-bond acceptors (Lipinski definition) is 2. The van der Waals surface area contributed by atoms with E-state index in [0.29, 0.717) is 23.6 Å². The summed E-state index contributed by atoms with van der Waals surface area (Å²) < 4.78 is 0. The molecule has 4 rings (SSSR count). The summed E-state index contributed by atoms with van der Waals surface area (Å²) in [5.41, 5.74) is 2.16. The van der Waals surface area contributed by atoms with Crippen molar-refractivity contribution in [1.29, 1.82) is 0 Å². The largest absolute Gasteiger partial charge is 0.352 e. The van der Waals surface area contributed by atoms with E-state index in [9.17, 15) is 9.59 Å². The molecule has 158 valence electrons. The van der Waals surface area contributed by atoms with Crippen LogP contribution in [0.5, 0.6) is 0 Å². The second kappa shape index (κ2) is 9.17. The Labute approximate surface area is 183 Å². The molecular weight excluding hydrogens is 384 g/mol. The molecule has 1 aliphatic carbocycles. The lowest BCUT2D eigenvalue weighted by Crippen LogP contribution is -2.51. The van der Waals surface area contributed by atoms with E-state index >= 15 is 0 Å². The summed E-state index contributed by atoms with van der Waals surface area (Å²) in [5.74, 6) is 0.302. The van der Waals surface area contributed by atoms with Crippen molar-refractivity contribution in [3.8, 4) is 0 Å². The third-order valence-electron chi connectivity index (χ3n) is 6.39. The number of carbonyl (C=O) groups excluding carboxylic acids is 2. The van der Waals surface area contributed by atoms with Crippen LogP contribution in [0.25, 0.3) is 0 Å². The molecular formula is C27H28N2O2. The lowest BCUT2D eigenvalue weighted by molar-refractivity contribution is 0.0875. The third-order valence-corrected chi connectivity index (χ3v) is 6.39. The molecule has 3 aromatic rings. The van der Waals surface area contributed by atoms with E-state index in [-0.39, 0.29) is 17.7 Å². The Morgan fingerprint density at radius 3 is 1.90 bits per heavy atom. The van der Waals surface area contributed by atoms with Crippen LogP contribution < -0.4 is 10.6 Å². The minimum atomic E-state index is -0.419. The zero-order chi connectivity index (χ0) is 21.7. The highest BCUT2D eigenvalue weighted by molar-refractivity contribution is 5.95. The molecule has 3 aromatic carbocycles. The van der Waals surface area contributed by atoms with Gasteiger partial charge in [-0.15, -0.1) is 0 Å². The van der Waals surface area contributed by atoms with E-state index in [2.05, 4.69) is 41.8 Å². The molecule has 31 heavy (non-hydrogen) atoms. The first-order valence-corrected chi connectivity index (χ1v) is 10.8. The van der Waals surface area contributed by atoms with E-state index < -0.39 is 5.54 Å². The summed E-state index contributed by atoms with van der Waals surface area (Å²) in [6.45, 7) is 2.62. The average molecular weight is 413 g/mol. The lowest BCUT2D eigenvalue weighted by atomic mass is 9.88. The fraction of sp³-hybridized carbons (Fsp3) is 0.259. The Kier molecular flexibility index (Phi) is 6.17. The molecule has 2 N–H and O–H groups in total. The highest BCUT2D eigenvalue weighted by Crippen LogP contribution is 2.45. The van der Waals surface area contributed by atoms with Crippen molar-refractivity contribution >= 4 is 11.8 Å². The molecule has 1 aliphatic rings. The van der Waals surface area contributed by atoms with Gasteiger partial charge in [0.15, 0.2) is 0 Å². The first-order valence-electron chi connectivity index (χ1n) is 10.8. The van der Waals surface area contributed by atoms with Crippen LogP contribution in [0.3, 0.4) is 0 Å². The van der Waals surface area contributed by atoms with Gasteiger partial charge in [-0.05, 0) is 61.4 Å². The first kappa shape index (κ1) is 20.9. The van der Waals surface area contributed by atoms with Crippen molar-refractivity contribution in [1.82, 2.24) is 10.6 Å². The van der Waals surface area contributed by atoms with Gasteiger partial charge in [0, 0.05) is 23.2 Å². The number of rotatable bonds is 6. The molecule has 4 nitrogen and oxygen atoms in total. The molecule has 0 heterocycles. The number of benzene rings is 3. The van der Waals surface area contributed by atoms with Gasteiger partial charge < -0.3 is 10.6 Å². The maximum atomic E-state index is 13.0. The SMILES string of the molecule is C[C@@]1(NC(=O)c2ccccc2)C[C@H](c2ccccc2)C[C@@H]1CNC(=O)c1ccccc1. The fourth-order valence-electron chi connectivity index (χ4n) is 4.63. The molecule has 3 atom stereocenters. The normalized spacial score (nSPS) is 22.6. The van der Waals surface area contributed by atoms with Gasteiger partial charge in [-0.2, -0.15) is 0 Å². The zero-order valence-corrected chi connectivity index (χ0v) is 17.8. The van der Waals surface area contributed by atoms with E-state index in [4.69, 9.17) is 0 Å². The first-order chi connectivity index (χ1) is 15.0. The molecule has 0 unspecified atom stereocenters. The van der Waals surface area contributed by atoms with Crippen molar-refractivity contribution < 1.29 is 9.59 Å². The molecule has 0 radical (unpaired) electrons. The Morgan fingerprint density at radius 2 is 1.32 bits per heavy atom. The molecule has 0 aliphatic heterocycles. The molecule has 0 saturated heterocycles. The van der Waals surface area contributed by atoms with Gasteiger partial charge in [0.25, 0.3) is 11.8 Å². The number of amides is 2. The van der Waals surface area contributed by atoms with Gasteiger partial charge in [-0.25, -0.2) is 0 Å². The van der Waals surface area contributed by atoms with Gasteiger partial charge in [0.2, 0.25) is 0 Å². The zero-order valence-electron chi connectivity index (χ0n) is 17.8. The minimum Gasteiger partial charge on any atom is -0.352 e. The summed E-state index contributed by atoms with van der Waals surface area (Å²) in [6, 6.07) is 29.0. The summed E-state index contributed by atoms with van der Waals surface area (Å²) in [6.07, 6.45) is 1.74. The third kappa shape index (κ3) is 4.85. The fourth-order valence-corrected chi connectivity index (χ4v) is 4.63. The predicted octanol–water partition coefficient (Wildman–Crippen LogP) is 4.80. The van der Waals surface area contributed by atoms with Crippen molar-refractivity contribution in [2.45, 2.75) is 31.2 Å². The predicted molar refractivity (Wildman–Crippen MR) is 123 cm³/mol. The van der Waals surface area contributed by atoms with Gasteiger partial charge in [-0.3, -0.25) is 9.59 Å². The average Bonchev–Trinajstić information content (AvgIpc) is 3.15. The molecule has 0 bridgehead atoms. The number of carbonyl (C=O) groups is 2. The van der Waals surface area contributed by atoms with Crippen molar-refractivity contribution in [3.05, 3.63) is 108 Å². The van der Waals surface area contributed by atoms with E-state index in [1.165, 1.54) is 5.56 Å². The Hall–Kier alpha value is -3.40. The monoisotopic (exact) mass is 412 g/mol. The highest BCUT2D eigenvalue weighted by atomic mass is 16.2. The quantitative estimate of drug-likeness (QED) is 0.611. The van der Waals surface area contributed by atoms with Crippen molar-refractivity contribution in [2.75, 3.05) is 6.54 Å². The van der Waals surface area contributed by atoms with Crippen LogP contribution in [0.1, 0.15) is 52.0 Å². The van der Waals surface area contributed by atoms with Crippen LogP contribution in [-0.2, 0) is 0 Å². The number of hydrogen-bond donors (Lipinski definition) is 2. The van der Waals surface area contributed by atoms with E-state index in [1.807, 2.05) is 66.7 Å². The van der Waals surface area contributed by atoms with Gasteiger partial charge >= 0.3 is 0 Å². The molecule has 0 aromatic heterocycles. The molecule has 1 fully saturated rings. The highest BCUT2D eigenvalue weighted by Gasteiger charge is 2.45. The van der Waals surface area contributed by atoms with Crippen LogP contribution in [0.2, 0.25) is 0 Å². The van der Waals surface area contributed by atoms with Crippen LogP contribution >= 0.6 is 0 Å². The molecule has 2 amide bonds. The summed E-state index contributed by atoms with van der Waals surface area (Å²) in [5, 5.41) is 6.39. The van der Waals surface area contributed by atoms with Crippen LogP contribution in [0, 0.1) is 5.92 Å². The van der Waals surface area contributed by atoms with Gasteiger partial charge in [0.05, 0.1) is 0 Å². The Balaban J connectivity index is 1.52. The Bertz CT molecular complexity index is 1020. The van der Waals surface area contributed by atoms with Gasteiger partial charge in [0.1, 0.15) is 0 Å². The summed E-state index contributed by atoms with van der Waals surface area (Å²) in [7, 11) is 0. The molecule has 0 spiro atoms. The molecule has 4 heteroatoms. The topological polar surface area (TPSA) is 58.2 Å².